The Morgan fingerprint density at radius 1 is 1.44 bits per heavy atom. The van der Waals surface area contributed by atoms with Gasteiger partial charge in [-0.3, -0.25) is 0 Å². The molecule has 0 amide bonds. The van der Waals surface area contributed by atoms with Crippen LogP contribution in [0, 0.1) is 0 Å². The van der Waals surface area contributed by atoms with Crippen molar-refractivity contribution in [3.63, 3.8) is 0 Å². The second kappa shape index (κ2) is 5.18. The zero-order chi connectivity index (χ0) is 11.4. The molecule has 1 N–H and O–H groups in total. The standard InChI is InChI=1S/C12H15NO2S/c1-9(11-4-3-7-15-11)13-8-10-5-6-12(14-2)16-10/h3-7,9,13H,8H2,1-2H3. The molecule has 4 heteroatoms. The van der Waals surface area contributed by atoms with Crippen LogP contribution in [0.15, 0.2) is 34.9 Å². The molecule has 1 unspecified atom stereocenters. The number of rotatable bonds is 5. The third-order valence-corrected chi connectivity index (χ3v) is 3.44. The van der Waals surface area contributed by atoms with Gasteiger partial charge in [0.15, 0.2) is 5.06 Å². The molecule has 2 aromatic heterocycles. The Bertz CT molecular complexity index is 422. The number of thiophene rings is 1. The van der Waals surface area contributed by atoms with Crippen molar-refractivity contribution in [3.8, 4) is 5.06 Å². The average molecular weight is 237 g/mol. The molecule has 0 radical (unpaired) electrons. The maximum Gasteiger partial charge on any atom is 0.173 e. The number of hydrogen-bond acceptors (Lipinski definition) is 4. The molecule has 0 aliphatic rings. The van der Waals surface area contributed by atoms with Crippen molar-refractivity contribution in [2.75, 3.05) is 7.11 Å². The van der Waals surface area contributed by atoms with Gasteiger partial charge in [-0.1, -0.05) is 0 Å². The summed E-state index contributed by atoms with van der Waals surface area (Å²) in [6, 6.07) is 8.17. The van der Waals surface area contributed by atoms with Crippen LogP contribution in [0.25, 0.3) is 0 Å². The van der Waals surface area contributed by atoms with Crippen molar-refractivity contribution in [1.29, 1.82) is 0 Å². The van der Waals surface area contributed by atoms with E-state index in [0.717, 1.165) is 17.4 Å². The van der Waals surface area contributed by atoms with Gasteiger partial charge >= 0.3 is 0 Å². The summed E-state index contributed by atoms with van der Waals surface area (Å²) in [6.07, 6.45) is 1.70. The van der Waals surface area contributed by atoms with Gasteiger partial charge in [0.2, 0.25) is 0 Å². The van der Waals surface area contributed by atoms with Crippen LogP contribution in [0.4, 0.5) is 0 Å². The predicted molar refractivity (Wildman–Crippen MR) is 64.8 cm³/mol. The van der Waals surface area contributed by atoms with E-state index in [1.165, 1.54) is 4.88 Å². The highest BCUT2D eigenvalue weighted by Gasteiger charge is 2.08. The molecule has 0 spiro atoms. The number of ether oxygens (including phenoxy) is 1. The minimum Gasteiger partial charge on any atom is -0.487 e. The van der Waals surface area contributed by atoms with Crippen LogP contribution in [0.5, 0.6) is 5.06 Å². The lowest BCUT2D eigenvalue weighted by Gasteiger charge is -2.09. The van der Waals surface area contributed by atoms with E-state index in [1.807, 2.05) is 18.2 Å². The van der Waals surface area contributed by atoms with Crippen molar-refractivity contribution in [3.05, 3.63) is 41.2 Å². The monoisotopic (exact) mass is 237 g/mol. The van der Waals surface area contributed by atoms with Gasteiger partial charge in [0, 0.05) is 11.4 Å². The summed E-state index contributed by atoms with van der Waals surface area (Å²) in [5.41, 5.74) is 0. The predicted octanol–water partition coefficient (Wildman–Crippen LogP) is 3.20. The summed E-state index contributed by atoms with van der Waals surface area (Å²) in [7, 11) is 1.69. The average Bonchev–Trinajstić information content (AvgIpc) is 2.96. The molecule has 0 fully saturated rings. The molecule has 2 heterocycles. The zero-order valence-corrected chi connectivity index (χ0v) is 10.2. The van der Waals surface area contributed by atoms with Gasteiger partial charge in [0.1, 0.15) is 5.76 Å². The first-order chi connectivity index (χ1) is 7.79. The maximum atomic E-state index is 5.33. The van der Waals surface area contributed by atoms with E-state index in [0.29, 0.717) is 0 Å². The third kappa shape index (κ3) is 2.65. The van der Waals surface area contributed by atoms with Crippen LogP contribution < -0.4 is 10.1 Å². The van der Waals surface area contributed by atoms with Crippen LogP contribution >= 0.6 is 11.3 Å². The third-order valence-electron chi connectivity index (χ3n) is 2.39. The Morgan fingerprint density at radius 2 is 2.31 bits per heavy atom. The van der Waals surface area contributed by atoms with Crippen LogP contribution in [0.2, 0.25) is 0 Å². The molecule has 0 bridgehead atoms. The molecule has 0 saturated heterocycles. The van der Waals surface area contributed by atoms with Gasteiger partial charge in [0.05, 0.1) is 19.4 Å². The van der Waals surface area contributed by atoms with Gasteiger partial charge in [-0.15, -0.1) is 11.3 Å². The minimum atomic E-state index is 0.225. The summed E-state index contributed by atoms with van der Waals surface area (Å²) in [4.78, 5) is 1.26. The first kappa shape index (κ1) is 11.2. The first-order valence-electron chi connectivity index (χ1n) is 5.19. The second-order valence-corrected chi connectivity index (χ2v) is 4.67. The SMILES string of the molecule is COc1ccc(CNC(C)c2ccco2)s1. The Labute approximate surface area is 99.0 Å². The summed E-state index contributed by atoms with van der Waals surface area (Å²) < 4.78 is 10.5. The normalized spacial score (nSPS) is 12.6. The lowest BCUT2D eigenvalue weighted by molar-refractivity contribution is 0.427. The molecular formula is C12H15NO2S. The number of hydrogen-bond donors (Lipinski definition) is 1. The minimum absolute atomic E-state index is 0.225. The van der Waals surface area contributed by atoms with Crippen LogP contribution in [0.3, 0.4) is 0 Å². The molecule has 2 aromatic rings. The summed E-state index contributed by atoms with van der Waals surface area (Å²) in [5, 5.41) is 4.35. The largest absolute Gasteiger partial charge is 0.487 e. The molecular weight excluding hydrogens is 222 g/mol. The van der Waals surface area contributed by atoms with E-state index < -0.39 is 0 Å². The van der Waals surface area contributed by atoms with E-state index in [-0.39, 0.29) is 6.04 Å². The summed E-state index contributed by atoms with van der Waals surface area (Å²) >= 11 is 1.66. The van der Waals surface area contributed by atoms with Crippen molar-refractivity contribution in [1.82, 2.24) is 5.32 Å². The lowest BCUT2D eigenvalue weighted by atomic mass is 10.2. The number of nitrogens with one attached hydrogen (secondary N) is 1. The maximum absolute atomic E-state index is 5.33. The lowest BCUT2D eigenvalue weighted by Crippen LogP contribution is -2.16. The number of furan rings is 1. The fraction of sp³-hybridized carbons (Fsp3) is 0.333. The smallest absolute Gasteiger partial charge is 0.173 e. The number of methoxy groups -OCH3 is 1. The Hall–Kier alpha value is -1.26. The molecule has 0 aliphatic carbocycles. The summed E-state index contributed by atoms with van der Waals surface area (Å²) in [6.45, 7) is 2.92. The first-order valence-corrected chi connectivity index (χ1v) is 6.00. The second-order valence-electron chi connectivity index (χ2n) is 3.54. The van der Waals surface area contributed by atoms with Gasteiger partial charge in [0.25, 0.3) is 0 Å². The molecule has 3 nitrogen and oxygen atoms in total. The van der Waals surface area contributed by atoms with E-state index in [9.17, 15) is 0 Å². The van der Waals surface area contributed by atoms with E-state index in [1.54, 1.807) is 24.7 Å². The molecule has 1 atom stereocenters. The zero-order valence-electron chi connectivity index (χ0n) is 9.40. The quantitative estimate of drug-likeness (QED) is 0.867. The molecule has 0 saturated carbocycles. The van der Waals surface area contributed by atoms with E-state index >= 15 is 0 Å². The van der Waals surface area contributed by atoms with Crippen LogP contribution in [0.1, 0.15) is 23.6 Å². The molecule has 0 aromatic carbocycles. The van der Waals surface area contributed by atoms with Gasteiger partial charge in [-0.25, -0.2) is 0 Å². The van der Waals surface area contributed by atoms with Crippen molar-refractivity contribution >= 4 is 11.3 Å². The van der Waals surface area contributed by atoms with Gasteiger partial charge in [-0.05, 0) is 31.2 Å². The van der Waals surface area contributed by atoms with E-state index in [4.69, 9.17) is 9.15 Å². The molecule has 0 aliphatic heterocycles. The van der Waals surface area contributed by atoms with Crippen molar-refractivity contribution in [2.24, 2.45) is 0 Å². The molecule has 86 valence electrons. The van der Waals surface area contributed by atoms with Crippen LogP contribution in [-0.4, -0.2) is 7.11 Å². The molecule has 2 rings (SSSR count). The van der Waals surface area contributed by atoms with Crippen LogP contribution in [-0.2, 0) is 6.54 Å². The highest BCUT2D eigenvalue weighted by atomic mass is 32.1. The fourth-order valence-corrected chi connectivity index (χ4v) is 2.22. The van der Waals surface area contributed by atoms with Crippen molar-refractivity contribution in [2.45, 2.75) is 19.5 Å². The Balaban J connectivity index is 1.87. The van der Waals surface area contributed by atoms with Gasteiger partial charge < -0.3 is 14.5 Å². The highest BCUT2D eigenvalue weighted by Crippen LogP contribution is 2.24. The fourth-order valence-electron chi connectivity index (χ4n) is 1.45. The Morgan fingerprint density at radius 3 is 2.94 bits per heavy atom. The van der Waals surface area contributed by atoms with E-state index in [2.05, 4.69) is 18.3 Å². The topological polar surface area (TPSA) is 34.4 Å². The summed E-state index contributed by atoms with van der Waals surface area (Å²) in [5.74, 6) is 0.962. The Kier molecular flexibility index (Phi) is 3.64. The van der Waals surface area contributed by atoms with Gasteiger partial charge in [-0.2, -0.15) is 0 Å². The van der Waals surface area contributed by atoms with Crippen molar-refractivity contribution < 1.29 is 9.15 Å². The highest BCUT2D eigenvalue weighted by molar-refractivity contribution is 7.13. The molecule has 16 heavy (non-hydrogen) atoms.